The monoisotopic (exact) mass is 349 g/mol. The zero-order valence-electron chi connectivity index (χ0n) is 13.3. The van der Waals surface area contributed by atoms with Gasteiger partial charge in [-0.1, -0.05) is 0 Å². The minimum absolute atomic E-state index is 0.0774. The maximum absolute atomic E-state index is 13.2. The van der Waals surface area contributed by atoms with Gasteiger partial charge in [0.05, 0.1) is 6.33 Å². The smallest absolute Gasteiger partial charge is 0.324 e. The average Bonchev–Trinajstić information content (AvgIpc) is 2.98. The molecule has 1 N–H and O–H groups in total. The molecule has 2 heterocycles. The van der Waals surface area contributed by atoms with E-state index in [4.69, 9.17) is 0 Å². The maximum Gasteiger partial charge on any atom is 0.332 e. The highest BCUT2D eigenvalue weighted by Gasteiger charge is 2.16. The van der Waals surface area contributed by atoms with E-state index in [9.17, 15) is 23.2 Å². The minimum Gasteiger partial charge on any atom is -0.324 e. The van der Waals surface area contributed by atoms with Crippen LogP contribution in [0.3, 0.4) is 0 Å². The number of anilines is 1. The van der Waals surface area contributed by atoms with Crippen LogP contribution >= 0.6 is 0 Å². The lowest BCUT2D eigenvalue weighted by Crippen LogP contribution is -2.37. The Hall–Kier alpha value is -3.30. The van der Waals surface area contributed by atoms with Gasteiger partial charge in [-0.3, -0.25) is 18.7 Å². The van der Waals surface area contributed by atoms with E-state index < -0.39 is 28.8 Å². The molecule has 0 radical (unpaired) electrons. The summed E-state index contributed by atoms with van der Waals surface area (Å²) in [5, 5.41) is 2.40. The van der Waals surface area contributed by atoms with Crippen molar-refractivity contribution in [2.45, 2.75) is 6.54 Å². The van der Waals surface area contributed by atoms with Crippen LogP contribution in [0.25, 0.3) is 11.2 Å². The van der Waals surface area contributed by atoms with E-state index >= 15 is 0 Å². The Kier molecular flexibility index (Phi) is 3.95. The SMILES string of the molecule is Cn1c(=O)c2c(ncn2CC(=O)Nc2ccc(F)c(F)c2)n(C)c1=O. The summed E-state index contributed by atoms with van der Waals surface area (Å²) in [6, 6.07) is 2.95. The lowest BCUT2D eigenvalue weighted by molar-refractivity contribution is -0.116. The molecule has 3 aromatic rings. The Morgan fingerprint density at radius 2 is 1.88 bits per heavy atom. The van der Waals surface area contributed by atoms with Crippen LogP contribution in [0.15, 0.2) is 34.1 Å². The van der Waals surface area contributed by atoms with Gasteiger partial charge in [-0.25, -0.2) is 18.6 Å². The number of hydrogen-bond donors (Lipinski definition) is 1. The molecule has 0 spiro atoms. The first kappa shape index (κ1) is 16.6. The van der Waals surface area contributed by atoms with Gasteiger partial charge in [-0.05, 0) is 12.1 Å². The molecule has 0 aliphatic carbocycles. The van der Waals surface area contributed by atoms with Crippen molar-refractivity contribution < 1.29 is 13.6 Å². The highest BCUT2D eigenvalue weighted by atomic mass is 19.2. The van der Waals surface area contributed by atoms with Gasteiger partial charge >= 0.3 is 5.69 Å². The summed E-state index contributed by atoms with van der Waals surface area (Å²) in [5.41, 5.74) is -0.808. The van der Waals surface area contributed by atoms with E-state index in [-0.39, 0.29) is 23.4 Å². The van der Waals surface area contributed by atoms with Crippen LogP contribution in [0.2, 0.25) is 0 Å². The molecule has 1 aromatic carbocycles. The predicted molar refractivity (Wildman–Crippen MR) is 85.2 cm³/mol. The van der Waals surface area contributed by atoms with E-state index in [2.05, 4.69) is 10.3 Å². The number of aromatic nitrogens is 4. The first-order valence-electron chi connectivity index (χ1n) is 7.15. The summed E-state index contributed by atoms with van der Waals surface area (Å²) in [4.78, 5) is 40.2. The van der Waals surface area contributed by atoms with Crippen LogP contribution in [-0.4, -0.2) is 24.6 Å². The summed E-state index contributed by atoms with van der Waals surface area (Å²) in [7, 11) is 2.78. The lowest BCUT2D eigenvalue weighted by Gasteiger charge is -2.08. The number of aryl methyl sites for hydroxylation is 1. The third kappa shape index (κ3) is 2.82. The Bertz CT molecular complexity index is 1110. The number of nitrogens with one attached hydrogen (secondary N) is 1. The fourth-order valence-corrected chi connectivity index (χ4v) is 2.45. The number of hydrogen-bond acceptors (Lipinski definition) is 4. The molecule has 0 unspecified atom stereocenters. The Morgan fingerprint density at radius 1 is 1.16 bits per heavy atom. The molecule has 3 rings (SSSR count). The second-order valence-corrected chi connectivity index (χ2v) is 5.43. The molecule has 0 aliphatic rings. The average molecular weight is 349 g/mol. The van der Waals surface area contributed by atoms with Crippen LogP contribution in [0.4, 0.5) is 14.5 Å². The fourth-order valence-electron chi connectivity index (χ4n) is 2.45. The Balaban J connectivity index is 1.93. The van der Waals surface area contributed by atoms with Crippen molar-refractivity contribution in [1.29, 1.82) is 0 Å². The number of carbonyl (C=O) groups is 1. The normalized spacial score (nSPS) is 11.0. The highest BCUT2D eigenvalue weighted by Crippen LogP contribution is 2.13. The standard InChI is InChI=1S/C15H13F2N5O3/c1-20-13-12(14(24)21(2)15(20)25)22(7-18-13)6-11(23)19-8-3-4-9(16)10(17)5-8/h3-5,7H,6H2,1-2H3,(H,19,23). The second-order valence-electron chi connectivity index (χ2n) is 5.43. The third-order valence-electron chi connectivity index (χ3n) is 3.73. The van der Waals surface area contributed by atoms with Crippen molar-refractivity contribution >= 4 is 22.8 Å². The first-order valence-corrected chi connectivity index (χ1v) is 7.15. The topological polar surface area (TPSA) is 90.9 Å². The zero-order chi connectivity index (χ0) is 18.3. The van der Waals surface area contributed by atoms with Crippen LogP contribution in [0.5, 0.6) is 0 Å². The molecule has 0 bridgehead atoms. The molecule has 2 aromatic heterocycles. The van der Waals surface area contributed by atoms with Crippen LogP contribution in [0, 0.1) is 11.6 Å². The van der Waals surface area contributed by atoms with Crippen LogP contribution < -0.4 is 16.6 Å². The summed E-state index contributed by atoms with van der Waals surface area (Å²) in [5.74, 6) is -2.68. The highest BCUT2D eigenvalue weighted by molar-refractivity contribution is 5.91. The van der Waals surface area contributed by atoms with Gasteiger partial charge in [0.25, 0.3) is 5.56 Å². The summed E-state index contributed by atoms with van der Waals surface area (Å²) in [6.07, 6.45) is 1.26. The molecule has 0 aliphatic heterocycles. The van der Waals surface area contributed by atoms with Crippen molar-refractivity contribution in [3.8, 4) is 0 Å². The lowest BCUT2D eigenvalue weighted by atomic mass is 10.3. The fraction of sp³-hybridized carbons (Fsp3) is 0.200. The number of imidazole rings is 1. The van der Waals surface area contributed by atoms with Crippen molar-refractivity contribution in [3.63, 3.8) is 0 Å². The molecule has 10 heteroatoms. The van der Waals surface area contributed by atoms with Crippen LogP contribution in [-0.2, 0) is 25.4 Å². The van der Waals surface area contributed by atoms with Gasteiger partial charge in [0.15, 0.2) is 22.8 Å². The number of amides is 1. The minimum atomic E-state index is -1.09. The molecule has 0 atom stereocenters. The Labute approximate surface area is 138 Å². The van der Waals surface area contributed by atoms with E-state index in [0.29, 0.717) is 0 Å². The van der Waals surface area contributed by atoms with Crippen LogP contribution in [0.1, 0.15) is 0 Å². The number of benzene rings is 1. The molecule has 0 saturated carbocycles. The quantitative estimate of drug-likeness (QED) is 0.739. The number of nitrogens with zero attached hydrogens (tertiary/aromatic N) is 4. The third-order valence-corrected chi connectivity index (χ3v) is 3.73. The molecule has 1 amide bonds. The molecular weight excluding hydrogens is 336 g/mol. The van der Waals surface area contributed by atoms with Gasteiger partial charge in [-0.15, -0.1) is 0 Å². The largest absolute Gasteiger partial charge is 0.332 e. The zero-order valence-corrected chi connectivity index (χ0v) is 13.3. The number of carbonyl (C=O) groups excluding carboxylic acids is 1. The van der Waals surface area contributed by atoms with E-state index in [0.717, 1.165) is 16.7 Å². The van der Waals surface area contributed by atoms with Crippen molar-refractivity contribution in [1.82, 2.24) is 18.7 Å². The number of fused-ring (bicyclic) bond motifs is 1. The van der Waals surface area contributed by atoms with E-state index in [1.165, 1.54) is 35.6 Å². The first-order chi connectivity index (χ1) is 11.8. The van der Waals surface area contributed by atoms with Crippen molar-refractivity contribution in [2.75, 3.05) is 5.32 Å². The van der Waals surface area contributed by atoms with Gasteiger partial charge in [-0.2, -0.15) is 0 Å². The predicted octanol–water partition coefficient (Wildman–Crippen LogP) is 0.351. The number of halogens is 2. The summed E-state index contributed by atoms with van der Waals surface area (Å²) < 4.78 is 29.5. The van der Waals surface area contributed by atoms with Gasteiger partial charge in [0.2, 0.25) is 5.91 Å². The molecule has 25 heavy (non-hydrogen) atoms. The molecule has 130 valence electrons. The summed E-state index contributed by atoms with van der Waals surface area (Å²) >= 11 is 0. The maximum atomic E-state index is 13.2. The van der Waals surface area contributed by atoms with Gasteiger partial charge < -0.3 is 9.88 Å². The van der Waals surface area contributed by atoms with Gasteiger partial charge in [0, 0.05) is 25.8 Å². The van der Waals surface area contributed by atoms with E-state index in [1.54, 1.807) is 0 Å². The second kappa shape index (κ2) is 5.96. The molecular formula is C15H13F2N5O3. The molecule has 0 saturated heterocycles. The molecule has 8 nitrogen and oxygen atoms in total. The summed E-state index contributed by atoms with van der Waals surface area (Å²) in [6.45, 7) is -0.289. The number of rotatable bonds is 3. The van der Waals surface area contributed by atoms with Gasteiger partial charge in [0.1, 0.15) is 6.54 Å². The Morgan fingerprint density at radius 3 is 2.56 bits per heavy atom. The van der Waals surface area contributed by atoms with Crippen molar-refractivity contribution in [2.24, 2.45) is 14.1 Å². The van der Waals surface area contributed by atoms with Crippen molar-refractivity contribution in [3.05, 3.63) is 57.0 Å². The molecule has 0 fully saturated rings. The van der Waals surface area contributed by atoms with E-state index in [1.807, 2.05) is 0 Å².